The molecule has 0 atom stereocenters. The predicted octanol–water partition coefficient (Wildman–Crippen LogP) is 6.18. The summed E-state index contributed by atoms with van der Waals surface area (Å²) in [5, 5.41) is 25.4. The minimum atomic E-state index is -1.12. The largest absolute Gasteiger partial charge is 0.465 e. The molecule has 9 nitrogen and oxygen atoms in total. The first-order valence-corrected chi connectivity index (χ1v) is 15.5. The minimum absolute atomic E-state index is 0.0661. The van der Waals surface area contributed by atoms with Crippen molar-refractivity contribution in [1.29, 1.82) is 0 Å². The molecule has 2 aliphatic carbocycles. The van der Waals surface area contributed by atoms with Gasteiger partial charge in [-0.1, -0.05) is 54.6 Å². The van der Waals surface area contributed by atoms with Crippen molar-refractivity contribution in [3.05, 3.63) is 72.4 Å². The monoisotopic (exact) mass is 598 g/mol. The van der Waals surface area contributed by atoms with Crippen LogP contribution in [0, 0.1) is 5.92 Å². The zero-order chi connectivity index (χ0) is 31.5. The van der Waals surface area contributed by atoms with E-state index in [0.29, 0.717) is 31.6 Å². The number of carbonyl (C=O) groups excluding carboxylic acids is 2. The van der Waals surface area contributed by atoms with Gasteiger partial charge < -0.3 is 25.7 Å². The molecule has 2 aromatic carbocycles. The molecule has 4 N–H and O–H groups in total. The number of pyridine rings is 1. The van der Waals surface area contributed by atoms with Crippen LogP contribution in [-0.2, 0) is 15.1 Å². The highest BCUT2D eigenvalue weighted by Crippen LogP contribution is 2.48. The van der Waals surface area contributed by atoms with Crippen LogP contribution < -0.4 is 10.6 Å². The molecule has 0 unspecified atom stereocenters. The normalized spacial score (nSPS) is 24.5. The van der Waals surface area contributed by atoms with Crippen molar-refractivity contribution in [2.75, 3.05) is 11.9 Å². The van der Waals surface area contributed by atoms with E-state index in [0.717, 1.165) is 53.5 Å². The molecule has 0 bridgehead atoms. The van der Waals surface area contributed by atoms with Crippen molar-refractivity contribution < 1.29 is 24.6 Å². The fourth-order valence-electron chi connectivity index (χ4n) is 7.25. The second-order valence-corrected chi connectivity index (χ2v) is 12.7. The van der Waals surface area contributed by atoms with Gasteiger partial charge in [0, 0.05) is 50.5 Å². The van der Waals surface area contributed by atoms with Crippen molar-refractivity contribution >= 4 is 23.7 Å². The van der Waals surface area contributed by atoms with Crippen molar-refractivity contribution in [3.8, 4) is 22.3 Å². The molecule has 44 heavy (non-hydrogen) atoms. The Balaban J connectivity index is 1.32. The van der Waals surface area contributed by atoms with E-state index in [4.69, 9.17) is 0 Å². The third-order valence-corrected chi connectivity index (χ3v) is 9.19. The van der Waals surface area contributed by atoms with Gasteiger partial charge in [-0.2, -0.15) is 0 Å². The van der Waals surface area contributed by atoms with Crippen LogP contribution in [0.2, 0.25) is 0 Å². The summed E-state index contributed by atoms with van der Waals surface area (Å²) in [4.78, 5) is 43.1. The highest BCUT2D eigenvalue weighted by atomic mass is 16.4. The number of anilines is 1. The zero-order valence-corrected chi connectivity index (χ0v) is 25.7. The van der Waals surface area contributed by atoms with E-state index >= 15 is 0 Å². The SMILES string of the molecule is CCN(C(C)=O)C1CCC(CC(=O)Nc2cc(-c3ccccc3)c(-c3ccc(C4(NC(=O)O)CC(C)(O)C4)cc3)cn2)CC1. The van der Waals surface area contributed by atoms with Crippen molar-refractivity contribution in [3.63, 3.8) is 0 Å². The Kier molecular flexibility index (Phi) is 9.06. The number of hydrogen-bond donors (Lipinski definition) is 4. The molecule has 3 aromatic rings. The molecule has 3 amide bonds. The Morgan fingerprint density at radius 3 is 2.16 bits per heavy atom. The lowest BCUT2D eigenvalue weighted by Crippen LogP contribution is -2.61. The average molecular weight is 599 g/mol. The number of nitrogens with zero attached hydrogens (tertiary/aromatic N) is 2. The minimum Gasteiger partial charge on any atom is -0.465 e. The third-order valence-electron chi connectivity index (χ3n) is 9.19. The van der Waals surface area contributed by atoms with Crippen LogP contribution >= 0.6 is 0 Å². The molecule has 9 heteroatoms. The maximum atomic E-state index is 13.1. The number of nitrogens with one attached hydrogen (secondary N) is 2. The van der Waals surface area contributed by atoms with Crippen LogP contribution in [0.15, 0.2) is 66.9 Å². The maximum Gasteiger partial charge on any atom is 0.405 e. The van der Waals surface area contributed by atoms with E-state index in [-0.39, 0.29) is 23.8 Å². The Hall–Kier alpha value is -4.24. The molecule has 2 fully saturated rings. The number of rotatable bonds is 9. The molecule has 0 spiro atoms. The number of carbonyl (C=O) groups is 3. The van der Waals surface area contributed by atoms with Gasteiger partial charge in [0.15, 0.2) is 0 Å². The summed E-state index contributed by atoms with van der Waals surface area (Å²) >= 11 is 0. The van der Waals surface area contributed by atoms with Crippen LogP contribution in [0.5, 0.6) is 0 Å². The van der Waals surface area contributed by atoms with Crippen molar-refractivity contribution in [2.24, 2.45) is 5.92 Å². The second-order valence-electron chi connectivity index (χ2n) is 12.7. The molecular weight excluding hydrogens is 556 g/mol. The van der Waals surface area contributed by atoms with E-state index in [2.05, 4.69) is 15.6 Å². The highest BCUT2D eigenvalue weighted by molar-refractivity contribution is 5.92. The first kappa shape index (κ1) is 31.2. The van der Waals surface area contributed by atoms with Gasteiger partial charge in [0.05, 0.1) is 11.1 Å². The van der Waals surface area contributed by atoms with Crippen LogP contribution in [0.1, 0.15) is 71.3 Å². The summed E-state index contributed by atoms with van der Waals surface area (Å²) in [7, 11) is 0. The second kappa shape index (κ2) is 12.8. The Labute approximate surface area is 258 Å². The van der Waals surface area contributed by atoms with Gasteiger partial charge in [0.2, 0.25) is 11.8 Å². The van der Waals surface area contributed by atoms with E-state index in [1.807, 2.05) is 72.5 Å². The summed E-state index contributed by atoms with van der Waals surface area (Å²) in [6, 6.07) is 19.8. The van der Waals surface area contributed by atoms with E-state index in [9.17, 15) is 24.6 Å². The molecule has 1 aromatic heterocycles. The van der Waals surface area contributed by atoms with Gasteiger partial charge >= 0.3 is 6.09 Å². The number of aromatic nitrogens is 1. The van der Waals surface area contributed by atoms with Crippen LogP contribution in [0.4, 0.5) is 10.6 Å². The van der Waals surface area contributed by atoms with E-state index in [1.54, 1.807) is 20.0 Å². The van der Waals surface area contributed by atoms with E-state index < -0.39 is 17.2 Å². The van der Waals surface area contributed by atoms with Crippen molar-refractivity contribution in [1.82, 2.24) is 15.2 Å². The summed E-state index contributed by atoms with van der Waals surface area (Å²) < 4.78 is 0. The summed E-state index contributed by atoms with van der Waals surface area (Å²) in [6.45, 7) is 6.06. The van der Waals surface area contributed by atoms with E-state index in [1.165, 1.54) is 0 Å². The number of amides is 3. The van der Waals surface area contributed by atoms with Gasteiger partial charge in [-0.25, -0.2) is 9.78 Å². The van der Waals surface area contributed by atoms with Gasteiger partial charge in [0.1, 0.15) is 5.82 Å². The average Bonchev–Trinajstić information content (AvgIpc) is 2.97. The molecule has 2 aliphatic rings. The van der Waals surface area contributed by atoms with Gasteiger partial charge in [-0.05, 0) is 73.8 Å². The summed E-state index contributed by atoms with van der Waals surface area (Å²) in [5.41, 5.74) is 2.72. The molecule has 0 aliphatic heterocycles. The zero-order valence-electron chi connectivity index (χ0n) is 25.7. The fourth-order valence-corrected chi connectivity index (χ4v) is 7.25. The molecule has 5 rings (SSSR count). The van der Waals surface area contributed by atoms with Crippen LogP contribution in [0.3, 0.4) is 0 Å². The Bertz CT molecular complexity index is 1490. The lowest BCUT2D eigenvalue weighted by molar-refractivity contribution is -0.132. The lowest BCUT2D eigenvalue weighted by atomic mass is 9.62. The van der Waals surface area contributed by atoms with Gasteiger partial charge in [-0.15, -0.1) is 0 Å². The number of benzene rings is 2. The first-order chi connectivity index (χ1) is 21.0. The lowest BCUT2D eigenvalue weighted by Gasteiger charge is -2.51. The molecule has 0 saturated heterocycles. The first-order valence-electron chi connectivity index (χ1n) is 15.5. The molecule has 0 radical (unpaired) electrons. The standard InChI is InChI=1S/C35H42N4O5/c1-4-39(23(2)40)28-16-10-24(11-17-28)18-32(41)37-31-19-29(25-8-6-5-7-9-25)30(20-36-31)26-12-14-27(15-13-26)35(38-33(42)43)21-34(3,44)22-35/h5-9,12-15,19-20,24,28,38,44H,4,10-11,16-18,21-22H2,1-3H3,(H,42,43)(H,36,37,41). The van der Waals surface area contributed by atoms with Crippen molar-refractivity contribution in [2.45, 2.75) is 82.9 Å². The topological polar surface area (TPSA) is 132 Å². The molecule has 2 saturated carbocycles. The smallest absolute Gasteiger partial charge is 0.405 e. The fraction of sp³-hybridized carbons (Fsp3) is 0.429. The summed E-state index contributed by atoms with van der Waals surface area (Å²) in [5.74, 6) is 0.809. The Morgan fingerprint density at radius 1 is 0.955 bits per heavy atom. The highest BCUT2D eigenvalue weighted by Gasteiger charge is 2.53. The Morgan fingerprint density at radius 2 is 1.59 bits per heavy atom. The molecule has 1 heterocycles. The van der Waals surface area contributed by atoms with Gasteiger partial charge in [-0.3, -0.25) is 9.59 Å². The predicted molar refractivity (Wildman–Crippen MR) is 170 cm³/mol. The number of hydrogen-bond acceptors (Lipinski definition) is 5. The quantitative estimate of drug-likeness (QED) is 0.233. The van der Waals surface area contributed by atoms with Gasteiger partial charge in [0.25, 0.3) is 0 Å². The number of carboxylic acid groups (broad SMARTS) is 1. The van der Waals surface area contributed by atoms with Crippen LogP contribution in [0.25, 0.3) is 22.3 Å². The molecular formula is C35H42N4O5. The summed E-state index contributed by atoms with van der Waals surface area (Å²) in [6.07, 6.45) is 5.33. The third kappa shape index (κ3) is 6.94. The molecule has 232 valence electrons. The van der Waals surface area contributed by atoms with Crippen LogP contribution in [-0.4, -0.2) is 56.2 Å². The number of aliphatic hydroxyl groups is 1. The maximum absolute atomic E-state index is 13.1.